The molecule has 0 amide bonds. The van der Waals surface area contributed by atoms with Crippen LogP contribution in [0.15, 0.2) is 36.5 Å². The van der Waals surface area contributed by atoms with Crippen molar-refractivity contribution in [2.45, 2.75) is 45.1 Å². The second-order valence-electron chi connectivity index (χ2n) is 6.14. The van der Waals surface area contributed by atoms with Crippen LogP contribution in [0, 0.1) is 11.8 Å². The predicted octanol–water partition coefficient (Wildman–Crippen LogP) is 4.45. The van der Waals surface area contributed by atoms with Gasteiger partial charge in [0.05, 0.1) is 11.7 Å². The van der Waals surface area contributed by atoms with Crippen LogP contribution in [0.3, 0.4) is 0 Å². The fourth-order valence-electron chi connectivity index (χ4n) is 3.66. The molecule has 0 spiro atoms. The Balaban J connectivity index is 1.90. The second kappa shape index (κ2) is 5.92. The van der Waals surface area contributed by atoms with Crippen LogP contribution in [0.25, 0.3) is 10.8 Å². The van der Waals surface area contributed by atoms with E-state index in [0.717, 1.165) is 11.6 Å². The van der Waals surface area contributed by atoms with E-state index in [0.29, 0.717) is 5.92 Å². The van der Waals surface area contributed by atoms with Crippen LogP contribution >= 0.6 is 0 Å². The third-order valence-corrected chi connectivity index (χ3v) is 4.93. The molecule has 1 aliphatic carbocycles. The summed E-state index contributed by atoms with van der Waals surface area (Å²) in [7, 11) is 0. The van der Waals surface area contributed by atoms with Gasteiger partial charge in [-0.2, -0.15) is 0 Å². The maximum atomic E-state index is 6.59. The SMILES string of the molecule is CCC1CCCC(C(N)c2nccc3ccccc23)C1. The van der Waals surface area contributed by atoms with Crippen molar-refractivity contribution in [3.8, 4) is 0 Å². The Kier molecular flexibility index (Phi) is 4.02. The van der Waals surface area contributed by atoms with Crippen molar-refractivity contribution in [2.24, 2.45) is 17.6 Å². The Morgan fingerprint density at radius 1 is 1.25 bits per heavy atom. The van der Waals surface area contributed by atoms with Crippen molar-refractivity contribution in [1.82, 2.24) is 4.98 Å². The minimum absolute atomic E-state index is 0.0791. The molecule has 2 aromatic rings. The zero-order valence-corrected chi connectivity index (χ0v) is 12.3. The highest BCUT2D eigenvalue weighted by atomic mass is 14.8. The van der Waals surface area contributed by atoms with Crippen LogP contribution in [-0.4, -0.2) is 4.98 Å². The minimum atomic E-state index is 0.0791. The van der Waals surface area contributed by atoms with Gasteiger partial charge >= 0.3 is 0 Å². The standard InChI is InChI=1S/C18H24N2/c1-2-13-6-5-8-15(12-13)17(19)18-16-9-4-3-7-14(16)10-11-20-18/h3-4,7,9-11,13,15,17H,2,5-6,8,12,19H2,1H3. The molecular formula is C18H24N2. The van der Waals surface area contributed by atoms with E-state index in [-0.39, 0.29) is 6.04 Å². The molecule has 20 heavy (non-hydrogen) atoms. The number of nitrogens with zero attached hydrogens (tertiary/aromatic N) is 1. The Morgan fingerprint density at radius 3 is 2.95 bits per heavy atom. The lowest BCUT2D eigenvalue weighted by Crippen LogP contribution is -2.27. The molecule has 0 saturated heterocycles. The fraction of sp³-hybridized carbons (Fsp3) is 0.500. The Labute approximate surface area is 121 Å². The van der Waals surface area contributed by atoms with Crippen LogP contribution in [0.4, 0.5) is 0 Å². The van der Waals surface area contributed by atoms with Gasteiger partial charge in [0.15, 0.2) is 0 Å². The van der Waals surface area contributed by atoms with Crippen LogP contribution in [0.5, 0.6) is 0 Å². The zero-order chi connectivity index (χ0) is 13.9. The average molecular weight is 268 g/mol. The van der Waals surface area contributed by atoms with Crippen molar-refractivity contribution in [3.05, 3.63) is 42.2 Å². The number of hydrogen-bond donors (Lipinski definition) is 1. The molecule has 1 heterocycles. The number of pyridine rings is 1. The van der Waals surface area contributed by atoms with E-state index in [1.165, 1.54) is 42.9 Å². The Morgan fingerprint density at radius 2 is 2.10 bits per heavy atom. The van der Waals surface area contributed by atoms with Crippen LogP contribution in [-0.2, 0) is 0 Å². The highest BCUT2D eigenvalue weighted by Gasteiger charge is 2.28. The molecule has 2 N–H and O–H groups in total. The molecule has 0 aliphatic heterocycles. The maximum absolute atomic E-state index is 6.59. The Hall–Kier alpha value is -1.41. The van der Waals surface area contributed by atoms with E-state index in [1.807, 2.05) is 6.20 Å². The van der Waals surface area contributed by atoms with Crippen molar-refractivity contribution < 1.29 is 0 Å². The van der Waals surface area contributed by atoms with Crippen molar-refractivity contribution >= 4 is 10.8 Å². The third kappa shape index (κ3) is 2.57. The van der Waals surface area contributed by atoms with Crippen LogP contribution < -0.4 is 5.73 Å². The van der Waals surface area contributed by atoms with Gasteiger partial charge in [0.2, 0.25) is 0 Å². The van der Waals surface area contributed by atoms with Gasteiger partial charge in [-0.05, 0) is 36.1 Å². The second-order valence-corrected chi connectivity index (χ2v) is 6.14. The largest absolute Gasteiger partial charge is 0.322 e. The molecule has 3 rings (SSSR count). The first-order chi connectivity index (χ1) is 9.79. The first-order valence-electron chi connectivity index (χ1n) is 7.88. The number of fused-ring (bicyclic) bond motifs is 1. The van der Waals surface area contributed by atoms with Gasteiger partial charge in [0.1, 0.15) is 0 Å². The van der Waals surface area contributed by atoms with E-state index in [1.54, 1.807) is 0 Å². The van der Waals surface area contributed by atoms with Gasteiger partial charge in [0, 0.05) is 11.6 Å². The van der Waals surface area contributed by atoms with E-state index < -0.39 is 0 Å². The lowest BCUT2D eigenvalue weighted by molar-refractivity contribution is 0.229. The first kappa shape index (κ1) is 13.6. The summed E-state index contributed by atoms with van der Waals surface area (Å²) >= 11 is 0. The number of hydrogen-bond acceptors (Lipinski definition) is 2. The molecule has 0 bridgehead atoms. The highest BCUT2D eigenvalue weighted by Crippen LogP contribution is 2.38. The lowest BCUT2D eigenvalue weighted by atomic mass is 9.76. The van der Waals surface area contributed by atoms with Crippen molar-refractivity contribution in [1.29, 1.82) is 0 Å². The summed E-state index contributed by atoms with van der Waals surface area (Å²) in [6, 6.07) is 10.6. The molecule has 106 valence electrons. The van der Waals surface area contributed by atoms with Gasteiger partial charge in [-0.3, -0.25) is 4.98 Å². The van der Waals surface area contributed by atoms with E-state index >= 15 is 0 Å². The number of benzene rings is 1. The number of nitrogens with two attached hydrogens (primary N) is 1. The Bertz CT molecular complexity index is 573. The molecule has 0 radical (unpaired) electrons. The van der Waals surface area contributed by atoms with Gasteiger partial charge in [-0.25, -0.2) is 0 Å². The summed E-state index contributed by atoms with van der Waals surface area (Å²) in [6.07, 6.45) is 8.40. The molecular weight excluding hydrogens is 244 g/mol. The fourth-order valence-corrected chi connectivity index (χ4v) is 3.66. The van der Waals surface area contributed by atoms with Crippen molar-refractivity contribution in [3.63, 3.8) is 0 Å². The van der Waals surface area contributed by atoms with Crippen molar-refractivity contribution in [2.75, 3.05) is 0 Å². The number of rotatable bonds is 3. The van der Waals surface area contributed by atoms with E-state index in [9.17, 15) is 0 Å². The molecule has 1 aliphatic rings. The molecule has 1 aromatic carbocycles. The van der Waals surface area contributed by atoms with Gasteiger partial charge in [0.25, 0.3) is 0 Å². The topological polar surface area (TPSA) is 38.9 Å². The van der Waals surface area contributed by atoms with Gasteiger partial charge < -0.3 is 5.73 Å². The average Bonchev–Trinajstić information content (AvgIpc) is 2.53. The highest BCUT2D eigenvalue weighted by molar-refractivity contribution is 5.84. The molecule has 2 heteroatoms. The molecule has 1 fully saturated rings. The van der Waals surface area contributed by atoms with E-state index in [2.05, 4.69) is 42.2 Å². The summed E-state index contributed by atoms with van der Waals surface area (Å²) in [6.45, 7) is 2.30. The maximum Gasteiger partial charge on any atom is 0.0651 e. The van der Waals surface area contributed by atoms with Gasteiger partial charge in [-0.1, -0.05) is 50.5 Å². The summed E-state index contributed by atoms with van der Waals surface area (Å²) in [5, 5.41) is 2.47. The molecule has 1 aromatic heterocycles. The quantitative estimate of drug-likeness (QED) is 0.893. The molecule has 2 nitrogen and oxygen atoms in total. The minimum Gasteiger partial charge on any atom is -0.322 e. The molecule has 3 unspecified atom stereocenters. The zero-order valence-electron chi connectivity index (χ0n) is 12.3. The lowest BCUT2D eigenvalue weighted by Gasteiger charge is -2.32. The summed E-state index contributed by atoms with van der Waals surface area (Å²) < 4.78 is 0. The smallest absolute Gasteiger partial charge is 0.0651 e. The normalized spacial score (nSPS) is 24.7. The third-order valence-electron chi connectivity index (χ3n) is 4.93. The predicted molar refractivity (Wildman–Crippen MR) is 84.4 cm³/mol. The van der Waals surface area contributed by atoms with E-state index in [4.69, 9.17) is 5.73 Å². The first-order valence-corrected chi connectivity index (χ1v) is 7.88. The molecule has 3 atom stereocenters. The number of aromatic nitrogens is 1. The summed E-state index contributed by atoms with van der Waals surface area (Å²) in [5.41, 5.74) is 7.68. The monoisotopic (exact) mass is 268 g/mol. The summed E-state index contributed by atoms with van der Waals surface area (Å²) in [4.78, 5) is 4.61. The summed E-state index contributed by atoms with van der Waals surface area (Å²) in [5.74, 6) is 1.45. The van der Waals surface area contributed by atoms with Crippen LogP contribution in [0.1, 0.15) is 50.8 Å². The molecule has 1 saturated carbocycles. The van der Waals surface area contributed by atoms with Crippen LogP contribution in [0.2, 0.25) is 0 Å². The van der Waals surface area contributed by atoms with Gasteiger partial charge in [-0.15, -0.1) is 0 Å².